The Morgan fingerprint density at radius 2 is 1.72 bits per heavy atom. The number of amides is 1. The number of halogens is 5. The largest absolute Gasteiger partial charge is 0.490 e. The molecule has 0 aliphatic carbocycles. The molecule has 194 valence electrons. The normalized spacial score (nSPS) is 14.8. The molecule has 0 saturated carbocycles. The SMILES string of the molecule is O=C(NCCN1CCC(n2c(=O)[nH]c3ccccc32)CC1)c1ccc(Cl)c(Cl)c1.O=C(O)C(F)(F)F. The number of alkyl halides is 3. The van der Waals surface area contributed by atoms with Crippen LogP contribution in [0.5, 0.6) is 0 Å². The lowest BCUT2D eigenvalue weighted by atomic mass is 10.0. The fourth-order valence-corrected chi connectivity index (χ4v) is 4.20. The number of hydrogen-bond donors (Lipinski definition) is 3. The molecule has 3 N–H and O–H groups in total. The standard InChI is InChI=1S/C21H22Cl2N4O2.C2HF3O2/c22-16-6-5-14(13-17(16)23)20(28)24-9-12-26-10-7-15(8-11-26)27-19-4-2-1-3-18(19)25-21(27)29;3-2(4,5)1(6)7/h1-6,13,15H,7-12H2,(H,24,28)(H,25,29);(H,6,7). The van der Waals surface area contributed by atoms with Gasteiger partial charge in [-0.25, -0.2) is 9.59 Å². The van der Waals surface area contributed by atoms with Gasteiger partial charge in [0.2, 0.25) is 0 Å². The number of benzene rings is 2. The molecule has 0 atom stereocenters. The third-order valence-electron chi connectivity index (χ3n) is 5.68. The molecule has 2 heterocycles. The molecule has 3 aromatic rings. The van der Waals surface area contributed by atoms with Crippen LogP contribution in [0.15, 0.2) is 47.3 Å². The van der Waals surface area contributed by atoms with Crippen molar-refractivity contribution < 1.29 is 27.9 Å². The number of nitrogens with zero attached hydrogens (tertiary/aromatic N) is 2. The molecule has 1 aliphatic rings. The molecule has 4 rings (SSSR count). The summed E-state index contributed by atoms with van der Waals surface area (Å²) in [7, 11) is 0. The summed E-state index contributed by atoms with van der Waals surface area (Å²) in [6.07, 6.45) is -3.27. The van der Waals surface area contributed by atoms with Crippen LogP contribution in [-0.2, 0) is 4.79 Å². The number of fused-ring (bicyclic) bond motifs is 1. The van der Waals surface area contributed by atoms with Gasteiger partial charge in [-0.15, -0.1) is 0 Å². The minimum absolute atomic E-state index is 0.0430. The topological polar surface area (TPSA) is 107 Å². The van der Waals surface area contributed by atoms with Gasteiger partial charge in [0.25, 0.3) is 5.91 Å². The van der Waals surface area contributed by atoms with Gasteiger partial charge in [-0.2, -0.15) is 13.2 Å². The van der Waals surface area contributed by atoms with Gasteiger partial charge in [-0.05, 0) is 43.2 Å². The number of carboxylic acids is 1. The summed E-state index contributed by atoms with van der Waals surface area (Å²) in [4.78, 5) is 38.8. The molecular formula is C23H23Cl2F3N4O4. The summed E-state index contributed by atoms with van der Waals surface area (Å²) in [6, 6.07) is 12.8. The number of rotatable bonds is 5. The lowest BCUT2D eigenvalue weighted by molar-refractivity contribution is -0.192. The van der Waals surface area contributed by atoms with E-state index in [4.69, 9.17) is 33.1 Å². The van der Waals surface area contributed by atoms with E-state index in [0.29, 0.717) is 22.2 Å². The number of likely N-dealkylation sites (tertiary alicyclic amines) is 1. The molecule has 2 aromatic carbocycles. The van der Waals surface area contributed by atoms with Crippen LogP contribution in [0, 0.1) is 0 Å². The number of nitrogens with one attached hydrogen (secondary N) is 2. The predicted molar refractivity (Wildman–Crippen MR) is 130 cm³/mol. The summed E-state index contributed by atoms with van der Waals surface area (Å²) in [5, 5.41) is 10.8. The zero-order valence-corrected chi connectivity index (χ0v) is 20.3. The van der Waals surface area contributed by atoms with Crippen molar-refractivity contribution in [3.63, 3.8) is 0 Å². The van der Waals surface area contributed by atoms with Crippen molar-refractivity contribution in [3.8, 4) is 0 Å². The van der Waals surface area contributed by atoms with Gasteiger partial charge in [0.05, 0.1) is 21.1 Å². The van der Waals surface area contributed by atoms with Crippen molar-refractivity contribution in [2.45, 2.75) is 25.1 Å². The zero-order chi connectivity index (χ0) is 26.5. The fourth-order valence-electron chi connectivity index (χ4n) is 3.90. The number of hydrogen-bond acceptors (Lipinski definition) is 4. The first-order valence-corrected chi connectivity index (χ1v) is 11.7. The number of para-hydroxylation sites is 2. The van der Waals surface area contributed by atoms with E-state index in [9.17, 15) is 22.8 Å². The Balaban J connectivity index is 0.000000454. The first kappa shape index (κ1) is 27.6. The summed E-state index contributed by atoms with van der Waals surface area (Å²) < 4.78 is 33.6. The van der Waals surface area contributed by atoms with E-state index >= 15 is 0 Å². The van der Waals surface area contributed by atoms with E-state index in [2.05, 4.69) is 15.2 Å². The highest BCUT2D eigenvalue weighted by Gasteiger charge is 2.38. The molecule has 0 spiro atoms. The summed E-state index contributed by atoms with van der Waals surface area (Å²) >= 11 is 11.9. The smallest absolute Gasteiger partial charge is 0.475 e. The first-order valence-electron chi connectivity index (χ1n) is 10.9. The second-order valence-corrected chi connectivity index (χ2v) is 8.89. The zero-order valence-electron chi connectivity index (χ0n) is 18.8. The van der Waals surface area contributed by atoms with Crippen molar-refractivity contribution in [2.24, 2.45) is 0 Å². The van der Waals surface area contributed by atoms with Crippen molar-refractivity contribution in [1.29, 1.82) is 0 Å². The molecule has 36 heavy (non-hydrogen) atoms. The number of carboxylic acid groups (broad SMARTS) is 1. The first-order chi connectivity index (χ1) is 17.0. The lowest BCUT2D eigenvalue weighted by Gasteiger charge is -2.32. The number of carbonyl (C=O) groups is 2. The quantitative estimate of drug-likeness (QED) is 0.441. The molecule has 0 bridgehead atoms. The Kier molecular flexibility index (Phi) is 9.04. The van der Waals surface area contributed by atoms with Crippen molar-refractivity contribution in [3.05, 3.63) is 68.6 Å². The summed E-state index contributed by atoms with van der Waals surface area (Å²) in [5.41, 5.74) is 2.30. The number of piperidine rings is 1. The lowest BCUT2D eigenvalue weighted by Crippen LogP contribution is -2.41. The van der Waals surface area contributed by atoms with Crippen LogP contribution in [0.1, 0.15) is 29.2 Å². The molecule has 8 nitrogen and oxygen atoms in total. The van der Waals surface area contributed by atoms with E-state index in [-0.39, 0.29) is 17.6 Å². The fraction of sp³-hybridized carbons (Fsp3) is 0.348. The number of imidazole rings is 1. The minimum Gasteiger partial charge on any atom is -0.475 e. The number of aliphatic carboxylic acids is 1. The third-order valence-corrected chi connectivity index (χ3v) is 6.42. The molecule has 1 aromatic heterocycles. The van der Waals surface area contributed by atoms with E-state index in [0.717, 1.165) is 43.5 Å². The van der Waals surface area contributed by atoms with Crippen LogP contribution in [0.2, 0.25) is 10.0 Å². The van der Waals surface area contributed by atoms with Crippen LogP contribution in [-0.4, -0.2) is 63.8 Å². The van der Waals surface area contributed by atoms with E-state index in [1.165, 1.54) is 0 Å². The highest BCUT2D eigenvalue weighted by molar-refractivity contribution is 6.42. The monoisotopic (exact) mass is 546 g/mol. The predicted octanol–water partition coefficient (Wildman–Crippen LogP) is 4.34. The minimum atomic E-state index is -5.08. The molecule has 0 radical (unpaired) electrons. The highest BCUT2D eigenvalue weighted by atomic mass is 35.5. The molecule has 13 heteroatoms. The Labute approximate surface area is 213 Å². The molecular weight excluding hydrogens is 524 g/mol. The van der Waals surface area contributed by atoms with Crippen molar-refractivity contribution in [1.82, 2.24) is 19.8 Å². The van der Waals surface area contributed by atoms with Crippen LogP contribution < -0.4 is 11.0 Å². The van der Waals surface area contributed by atoms with Gasteiger partial charge in [0.1, 0.15) is 0 Å². The van der Waals surface area contributed by atoms with Gasteiger partial charge >= 0.3 is 17.8 Å². The second kappa shape index (κ2) is 11.8. The van der Waals surface area contributed by atoms with Crippen molar-refractivity contribution >= 4 is 46.1 Å². The van der Waals surface area contributed by atoms with Crippen LogP contribution in [0.4, 0.5) is 13.2 Å². The second-order valence-electron chi connectivity index (χ2n) is 8.08. The molecule has 1 fully saturated rings. The number of aromatic nitrogens is 2. The van der Waals surface area contributed by atoms with Crippen LogP contribution in [0.3, 0.4) is 0 Å². The van der Waals surface area contributed by atoms with Gasteiger partial charge in [0.15, 0.2) is 0 Å². The Bertz CT molecular complexity index is 1280. The number of H-pyrrole nitrogens is 1. The third kappa shape index (κ3) is 7.02. The number of carbonyl (C=O) groups excluding carboxylic acids is 1. The Morgan fingerprint density at radius 1 is 1.08 bits per heavy atom. The molecule has 1 amide bonds. The van der Waals surface area contributed by atoms with Gasteiger partial charge < -0.3 is 20.3 Å². The maximum Gasteiger partial charge on any atom is 0.490 e. The number of aromatic amines is 1. The molecule has 0 unspecified atom stereocenters. The summed E-state index contributed by atoms with van der Waals surface area (Å²) in [5.74, 6) is -2.92. The van der Waals surface area contributed by atoms with Crippen LogP contribution >= 0.6 is 23.2 Å². The van der Waals surface area contributed by atoms with Gasteiger partial charge in [-0.1, -0.05) is 35.3 Å². The van der Waals surface area contributed by atoms with E-state index in [1.807, 2.05) is 28.8 Å². The average Bonchev–Trinajstić information content (AvgIpc) is 3.16. The molecule has 1 aliphatic heterocycles. The summed E-state index contributed by atoms with van der Waals surface area (Å²) in [6.45, 7) is 3.10. The molecule has 1 saturated heterocycles. The van der Waals surface area contributed by atoms with Crippen molar-refractivity contribution in [2.75, 3.05) is 26.2 Å². The average molecular weight is 547 g/mol. The van der Waals surface area contributed by atoms with Gasteiger partial charge in [-0.3, -0.25) is 9.36 Å². The Hall–Kier alpha value is -3.02. The maximum atomic E-state index is 12.4. The highest BCUT2D eigenvalue weighted by Crippen LogP contribution is 2.25. The van der Waals surface area contributed by atoms with Gasteiger partial charge in [0, 0.05) is 37.8 Å². The van der Waals surface area contributed by atoms with Crippen LogP contribution in [0.25, 0.3) is 11.0 Å². The maximum absolute atomic E-state index is 12.4. The Morgan fingerprint density at radius 3 is 2.33 bits per heavy atom. The van der Waals surface area contributed by atoms with E-state index < -0.39 is 12.1 Å². The van der Waals surface area contributed by atoms with E-state index in [1.54, 1.807) is 18.2 Å².